The number of rotatable bonds is 5. The monoisotopic (exact) mass is 294 g/mol. The third-order valence-corrected chi connectivity index (χ3v) is 4.72. The van der Waals surface area contributed by atoms with E-state index >= 15 is 0 Å². The van der Waals surface area contributed by atoms with Crippen LogP contribution in [0.15, 0.2) is 24.3 Å². The molecular formula is C16H22Se. The van der Waals surface area contributed by atoms with E-state index in [1.54, 1.807) is 5.56 Å². The Morgan fingerprint density at radius 2 is 2.00 bits per heavy atom. The molecule has 1 heteroatoms. The Morgan fingerprint density at radius 3 is 2.82 bits per heavy atom. The van der Waals surface area contributed by atoms with E-state index in [4.69, 9.17) is 0 Å². The fourth-order valence-corrected chi connectivity index (χ4v) is 3.46. The summed E-state index contributed by atoms with van der Waals surface area (Å²) in [6, 6.07) is 8.96. The van der Waals surface area contributed by atoms with Gasteiger partial charge in [0.25, 0.3) is 0 Å². The van der Waals surface area contributed by atoms with Crippen molar-refractivity contribution in [1.82, 2.24) is 0 Å². The van der Waals surface area contributed by atoms with Crippen LogP contribution in [-0.2, 0) is 0 Å². The van der Waals surface area contributed by atoms with Crippen molar-refractivity contribution in [2.24, 2.45) is 0 Å². The Bertz CT molecular complexity index is 381. The Labute approximate surface area is 113 Å². The number of hydrogen-bond acceptors (Lipinski definition) is 0. The molecule has 0 bridgehead atoms. The van der Waals surface area contributed by atoms with Gasteiger partial charge < -0.3 is 0 Å². The zero-order valence-electron chi connectivity index (χ0n) is 10.7. The third kappa shape index (κ3) is 3.30. The molecule has 1 aromatic rings. The van der Waals surface area contributed by atoms with Crippen LogP contribution >= 0.6 is 0 Å². The molecule has 0 fully saturated rings. The molecule has 0 amide bonds. The van der Waals surface area contributed by atoms with E-state index in [0.717, 1.165) is 5.92 Å². The second-order valence-electron chi connectivity index (χ2n) is 5.10. The molecule has 0 radical (unpaired) electrons. The van der Waals surface area contributed by atoms with Crippen LogP contribution in [0.4, 0.5) is 0 Å². The molecule has 0 saturated heterocycles. The van der Waals surface area contributed by atoms with Crippen LogP contribution in [-0.4, -0.2) is 20.0 Å². The minimum atomic E-state index is 0.806. The van der Waals surface area contributed by atoms with E-state index in [9.17, 15) is 0 Å². The normalized spacial score (nSPS) is 19.1. The number of benzene rings is 1. The summed E-state index contributed by atoms with van der Waals surface area (Å²) in [6.07, 6.45) is 9.50. The molecule has 1 aromatic carbocycles. The van der Waals surface area contributed by atoms with Crippen molar-refractivity contribution in [3.63, 3.8) is 0 Å². The fourth-order valence-electron chi connectivity index (χ4n) is 2.82. The van der Waals surface area contributed by atoms with Gasteiger partial charge in [0.05, 0.1) is 0 Å². The maximum absolute atomic E-state index is 3.25. The Balaban J connectivity index is 2.00. The van der Waals surface area contributed by atoms with E-state index in [-0.39, 0.29) is 0 Å². The van der Waals surface area contributed by atoms with Crippen molar-refractivity contribution in [1.29, 1.82) is 0 Å². The molecule has 0 spiro atoms. The molecule has 2 rings (SSSR count). The summed E-state index contributed by atoms with van der Waals surface area (Å²) < 4.78 is 1.46. The van der Waals surface area contributed by atoms with Gasteiger partial charge in [-0.1, -0.05) is 0 Å². The quantitative estimate of drug-likeness (QED) is 0.563. The molecule has 92 valence electrons. The average Bonchev–Trinajstić information content (AvgIpc) is 2.37. The summed E-state index contributed by atoms with van der Waals surface area (Å²) in [5.41, 5.74) is 3.07. The zero-order valence-corrected chi connectivity index (χ0v) is 12.5. The molecule has 1 unspecified atom stereocenters. The van der Waals surface area contributed by atoms with Crippen molar-refractivity contribution >= 4 is 20.0 Å². The first-order chi connectivity index (χ1) is 8.33. The molecule has 0 heterocycles. The Morgan fingerprint density at radius 1 is 1.18 bits per heavy atom. The topological polar surface area (TPSA) is 0 Å². The zero-order chi connectivity index (χ0) is 12.1. The van der Waals surface area contributed by atoms with Crippen LogP contribution in [0.5, 0.6) is 0 Å². The van der Waals surface area contributed by atoms with E-state index in [2.05, 4.69) is 46.8 Å². The number of fused-ring (bicyclic) bond motifs is 1. The first-order valence-corrected chi connectivity index (χ1v) is 7.80. The van der Waals surface area contributed by atoms with Gasteiger partial charge in [-0.2, -0.15) is 0 Å². The van der Waals surface area contributed by atoms with Crippen LogP contribution in [0, 0.1) is 0 Å². The second kappa shape index (κ2) is 6.52. The molecule has 0 aromatic heterocycles. The van der Waals surface area contributed by atoms with Gasteiger partial charge in [-0.05, 0) is 0 Å². The van der Waals surface area contributed by atoms with Crippen LogP contribution in [0.3, 0.4) is 0 Å². The first kappa shape index (κ1) is 13.1. The van der Waals surface area contributed by atoms with Crippen LogP contribution in [0.25, 0.3) is 0 Å². The molecule has 0 saturated carbocycles. The van der Waals surface area contributed by atoms with Crippen molar-refractivity contribution in [2.45, 2.75) is 57.8 Å². The average molecular weight is 293 g/mol. The minimum absolute atomic E-state index is 0.806. The van der Waals surface area contributed by atoms with Gasteiger partial charge in [-0.3, -0.25) is 0 Å². The molecule has 0 nitrogen and oxygen atoms in total. The summed E-state index contributed by atoms with van der Waals surface area (Å²) in [4.78, 5) is 0. The van der Waals surface area contributed by atoms with Crippen LogP contribution in [0.1, 0.15) is 68.9 Å². The maximum atomic E-state index is 3.25. The summed E-state index contributed by atoms with van der Waals surface area (Å²) in [5, 5.41) is 0. The standard InChI is InChI=1S/C16H22Se/c1-2-3-4-5-8-13-11-12-16(17)15-10-7-6-9-14(13)15/h6-7,9-10,13H,2-5,8,11-12H2,1H3. The van der Waals surface area contributed by atoms with Crippen molar-refractivity contribution in [2.75, 3.05) is 0 Å². The summed E-state index contributed by atoms with van der Waals surface area (Å²) in [6.45, 7) is 2.28. The molecule has 17 heavy (non-hydrogen) atoms. The first-order valence-electron chi connectivity index (χ1n) is 6.95. The predicted molar refractivity (Wildman–Crippen MR) is 77.0 cm³/mol. The van der Waals surface area contributed by atoms with Crippen molar-refractivity contribution in [3.8, 4) is 0 Å². The molecule has 1 aliphatic rings. The van der Waals surface area contributed by atoms with Gasteiger partial charge >= 0.3 is 113 Å². The van der Waals surface area contributed by atoms with E-state index in [1.165, 1.54) is 54.9 Å². The summed E-state index contributed by atoms with van der Waals surface area (Å²) in [5.74, 6) is 0.806. The molecule has 1 atom stereocenters. The van der Waals surface area contributed by atoms with Crippen molar-refractivity contribution in [3.05, 3.63) is 35.4 Å². The Hall–Kier alpha value is -0.391. The van der Waals surface area contributed by atoms with Crippen LogP contribution in [0.2, 0.25) is 0 Å². The van der Waals surface area contributed by atoms with Crippen molar-refractivity contribution < 1.29 is 0 Å². The molecule has 0 N–H and O–H groups in total. The summed E-state index contributed by atoms with van der Waals surface area (Å²) >= 11 is 3.25. The predicted octanol–water partition coefficient (Wildman–Crippen LogP) is 4.22. The van der Waals surface area contributed by atoms with Gasteiger partial charge in [-0.25, -0.2) is 0 Å². The van der Waals surface area contributed by atoms with Gasteiger partial charge in [-0.15, -0.1) is 0 Å². The third-order valence-electron chi connectivity index (χ3n) is 3.83. The van der Waals surface area contributed by atoms with E-state index in [1.807, 2.05) is 0 Å². The van der Waals surface area contributed by atoms with Gasteiger partial charge in [0.15, 0.2) is 0 Å². The van der Waals surface area contributed by atoms with Crippen LogP contribution < -0.4 is 0 Å². The Kier molecular flexibility index (Phi) is 5.00. The van der Waals surface area contributed by atoms with E-state index in [0.29, 0.717) is 0 Å². The molecule has 1 aliphatic carbocycles. The van der Waals surface area contributed by atoms with Gasteiger partial charge in [0, 0.05) is 0 Å². The van der Waals surface area contributed by atoms with E-state index < -0.39 is 0 Å². The number of unbranched alkanes of at least 4 members (excludes halogenated alkanes) is 3. The molecule has 0 aliphatic heterocycles. The number of hydrogen-bond donors (Lipinski definition) is 0. The second-order valence-corrected chi connectivity index (χ2v) is 6.13. The van der Waals surface area contributed by atoms with Gasteiger partial charge in [0.2, 0.25) is 0 Å². The SMILES string of the molecule is CCCCCCC1CCC(=[Se])c2ccccc21. The fraction of sp³-hybridized carbons (Fsp3) is 0.562. The summed E-state index contributed by atoms with van der Waals surface area (Å²) in [7, 11) is 0. The molecular weight excluding hydrogens is 271 g/mol. The van der Waals surface area contributed by atoms with Gasteiger partial charge in [0.1, 0.15) is 0 Å².